The number of carbonyl (C=O) groups is 2. The van der Waals surface area contributed by atoms with E-state index in [1.54, 1.807) is 12.1 Å². The highest BCUT2D eigenvalue weighted by atomic mass is 19.4. The van der Waals surface area contributed by atoms with Gasteiger partial charge >= 0.3 is 6.18 Å². The van der Waals surface area contributed by atoms with E-state index < -0.39 is 12.7 Å². The van der Waals surface area contributed by atoms with Gasteiger partial charge in [-0.15, -0.1) is 0 Å². The maximum atomic E-state index is 12.4. The second kappa shape index (κ2) is 8.24. The van der Waals surface area contributed by atoms with Gasteiger partial charge in [0, 0.05) is 49.9 Å². The molecule has 0 radical (unpaired) electrons. The molecule has 0 saturated carbocycles. The molecule has 0 aromatic carbocycles. The third kappa shape index (κ3) is 5.66. The smallest absolute Gasteiger partial charge is 0.356 e. The Kier molecular flexibility index (Phi) is 5.98. The Balaban J connectivity index is 1.49. The Morgan fingerprint density at radius 1 is 1.26 bits per heavy atom. The molecule has 2 N–H and O–H groups in total. The van der Waals surface area contributed by atoms with Crippen LogP contribution in [0.1, 0.15) is 47.7 Å². The quantitative estimate of drug-likeness (QED) is 0.831. The summed E-state index contributed by atoms with van der Waals surface area (Å²) in [7, 11) is 0. The molecule has 148 valence electrons. The van der Waals surface area contributed by atoms with Gasteiger partial charge in [0.05, 0.1) is 12.1 Å². The normalized spacial score (nSPS) is 22.3. The molecule has 9 heteroatoms. The summed E-state index contributed by atoms with van der Waals surface area (Å²) in [4.78, 5) is 29.5. The summed E-state index contributed by atoms with van der Waals surface area (Å²) in [5.74, 6) is -0.203. The second-order valence-electron chi connectivity index (χ2n) is 7.15. The van der Waals surface area contributed by atoms with Crippen LogP contribution in [0, 0.1) is 0 Å². The zero-order valence-electron chi connectivity index (χ0n) is 14.9. The third-order valence-electron chi connectivity index (χ3n) is 5.04. The summed E-state index contributed by atoms with van der Waals surface area (Å²) in [5, 5.41) is 5.65. The van der Waals surface area contributed by atoms with Gasteiger partial charge in [0.15, 0.2) is 0 Å². The van der Waals surface area contributed by atoms with E-state index in [4.69, 9.17) is 0 Å². The van der Waals surface area contributed by atoms with E-state index in [0.29, 0.717) is 44.5 Å². The summed E-state index contributed by atoms with van der Waals surface area (Å²) in [5.41, 5.74) is 1.21. The predicted molar refractivity (Wildman–Crippen MR) is 92.2 cm³/mol. The number of hydrogen-bond donors (Lipinski definition) is 2. The van der Waals surface area contributed by atoms with Crippen LogP contribution in [0.5, 0.6) is 0 Å². The maximum absolute atomic E-state index is 12.4. The van der Waals surface area contributed by atoms with Gasteiger partial charge in [-0.1, -0.05) is 0 Å². The minimum atomic E-state index is -4.19. The van der Waals surface area contributed by atoms with Crippen molar-refractivity contribution in [2.45, 2.75) is 43.8 Å². The van der Waals surface area contributed by atoms with E-state index >= 15 is 0 Å². The van der Waals surface area contributed by atoms with Gasteiger partial charge in [0.2, 0.25) is 5.91 Å². The highest BCUT2D eigenvalue weighted by Crippen LogP contribution is 2.24. The molecular weight excluding hydrogens is 361 g/mol. The Hall–Kier alpha value is -2.16. The molecule has 2 aliphatic rings. The third-order valence-corrected chi connectivity index (χ3v) is 5.04. The summed E-state index contributed by atoms with van der Waals surface area (Å²) in [6.45, 7) is 0.343. The number of halogens is 3. The van der Waals surface area contributed by atoms with E-state index in [-0.39, 0.29) is 23.8 Å². The maximum Gasteiger partial charge on any atom is 0.401 e. The lowest BCUT2D eigenvalue weighted by molar-refractivity contribution is -0.148. The first-order valence-corrected chi connectivity index (χ1v) is 9.13. The topological polar surface area (TPSA) is 74.3 Å². The SMILES string of the molecule is O=C1CC(c2ccc(C(=O)NC3CCN(CC(F)(F)F)CC3)cn2)CCN1. The minimum Gasteiger partial charge on any atom is -0.356 e. The number of hydrogen-bond acceptors (Lipinski definition) is 4. The van der Waals surface area contributed by atoms with Crippen LogP contribution in [-0.2, 0) is 4.79 Å². The highest BCUT2D eigenvalue weighted by Gasteiger charge is 2.32. The number of alkyl halides is 3. The first-order chi connectivity index (χ1) is 12.8. The fraction of sp³-hybridized carbons (Fsp3) is 0.611. The zero-order chi connectivity index (χ0) is 19.4. The minimum absolute atomic E-state index is 0.00624. The van der Waals surface area contributed by atoms with Crippen LogP contribution in [0.4, 0.5) is 13.2 Å². The van der Waals surface area contributed by atoms with Crippen molar-refractivity contribution in [3.05, 3.63) is 29.6 Å². The number of amides is 2. The standard InChI is InChI=1S/C18H23F3N4O2/c19-18(20,21)11-25-7-4-14(5-8-25)24-17(27)13-1-2-15(23-10-13)12-3-6-22-16(26)9-12/h1-2,10,12,14H,3-9,11H2,(H,22,26)(H,24,27). The molecule has 2 amide bonds. The monoisotopic (exact) mass is 384 g/mol. The largest absolute Gasteiger partial charge is 0.401 e. The molecule has 2 saturated heterocycles. The number of aromatic nitrogens is 1. The van der Waals surface area contributed by atoms with E-state index in [9.17, 15) is 22.8 Å². The molecule has 0 bridgehead atoms. The molecule has 0 spiro atoms. The van der Waals surface area contributed by atoms with E-state index in [1.807, 2.05) is 0 Å². The summed E-state index contributed by atoms with van der Waals surface area (Å²) in [6, 6.07) is 3.32. The van der Waals surface area contributed by atoms with Crippen LogP contribution in [0.3, 0.4) is 0 Å². The lowest BCUT2D eigenvalue weighted by Crippen LogP contribution is -2.47. The first kappa shape index (κ1) is 19.6. The molecule has 3 rings (SSSR count). The van der Waals surface area contributed by atoms with E-state index in [2.05, 4.69) is 15.6 Å². The van der Waals surface area contributed by atoms with Gasteiger partial charge in [0.1, 0.15) is 0 Å². The molecule has 1 aromatic rings. The van der Waals surface area contributed by atoms with Crippen LogP contribution in [-0.4, -0.2) is 60.1 Å². The number of nitrogens with zero attached hydrogens (tertiary/aromatic N) is 2. The van der Waals surface area contributed by atoms with E-state index in [1.165, 1.54) is 11.1 Å². The van der Waals surface area contributed by atoms with Crippen LogP contribution < -0.4 is 10.6 Å². The lowest BCUT2D eigenvalue weighted by Gasteiger charge is -2.32. The van der Waals surface area contributed by atoms with Gasteiger partial charge in [0.25, 0.3) is 5.91 Å². The van der Waals surface area contributed by atoms with Gasteiger partial charge in [-0.3, -0.25) is 19.5 Å². The predicted octanol–water partition coefficient (Wildman–Crippen LogP) is 1.83. The Bertz CT molecular complexity index is 670. The number of likely N-dealkylation sites (tertiary alicyclic amines) is 1. The molecule has 2 aliphatic heterocycles. The molecule has 0 aliphatic carbocycles. The van der Waals surface area contributed by atoms with Crippen LogP contribution in [0.25, 0.3) is 0 Å². The van der Waals surface area contributed by atoms with Gasteiger partial charge in [-0.25, -0.2) is 0 Å². The Labute approximate surface area is 155 Å². The van der Waals surface area contributed by atoms with Crippen LogP contribution >= 0.6 is 0 Å². The number of carbonyl (C=O) groups excluding carboxylic acids is 2. The summed E-state index contributed by atoms with van der Waals surface area (Å²) >= 11 is 0. The molecule has 6 nitrogen and oxygen atoms in total. The average Bonchev–Trinajstić information content (AvgIpc) is 2.62. The van der Waals surface area contributed by atoms with Crippen molar-refractivity contribution < 1.29 is 22.8 Å². The van der Waals surface area contributed by atoms with Crippen molar-refractivity contribution >= 4 is 11.8 Å². The molecule has 1 unspecified atom stereocenters. The first-order valence-electron chi connectivity index (χ1n) is 9.13. The molecule has 27 heavy (non-hydrogen) atoms. The van der Waals surface area contributed by atoms with E-state index in [0.717, 1.165) is 12.1 Å². The van der Waals surface area contributed by atoms with Crippen LogP contribution in [0.15, 0.2) is 18.3 Å². The molecule has 1 atom stereocenters. The van der Waals surface area contributed by atoms with Gasteiger partial charge < -0.3 is 10.6 Å². The number of rotatable bonds is 4. The van der Waals surface area contributed by atoms with Crippen molar-refractivity contribution in [1.29, 1.82) is 0 Å². The van der Waals surface area contributed by atoms with Crippen molar-refractivity contribution in [2.75, 3.05) is 26.2 Å². The lowest BCUT2D eigenvalue weighted by atomic mass is 9.93. The Morgan fingerprint density at radius 2 is 2.00 bits per heavy atom. The number of piperidine rings is 2. The molecular formula is C18H23F3N4O2. The van der Waals surface area contributed by atoms with Crippen molar-refractivity contribution in [2.24, 2.45) is 0 Å². The van der Waals surface area contributed by atoms with Crippen molar-refractivity contribution in [3.63, 3.8) is 0 Å². The molecule has 1 aromatic heterocycles. The molecule has 3 heterocycles. The number of pyridine rings is 1. The Morgan fingerprint density at radius 3 is 2.59 bits per heavy atom. The second-order valence-corrected chi connectivity index (χ2v) is 7.15. The summed E-state index contributed by atoms with van der Waals surface area (Å²) in [6.07, 6.45) is -0.497. The van der Waals surface area contributed by atoms with Crippen molar-refractivity contribution in [3.8, 4) is 0 Å². The highest BCUT2D eigenvalue weighted by molar-refractivity contribution is 5.94. The average molecular weight is 384 g/mol. The fourth-order valence-electron chi connectivity index (χ4n) is 3.58. The zero-order valence-corrected chi connectivity index (χ0v) is 14.9. The van der Waals surface area contributed by atoms with Gasteiger partial charge in [-0.05, 0) is 31.4 Å². The molecule has 2 fully saturated rings. The summed E-state index contributed by atoms with van der Waals surface area (Å²) < 4.78 is 37.3. The van der Waals surface area contributed by atoms with Crippen LogP contribution in [0.2, 0.25) is 0 Å². The van der Waals surface area contributed by atoms with Gasteiger partial charge in [-0.2, -0.15) is 13.2 Å². The number of nitrogens with one attached hydrogen (secondary N) is 2. The van der Waals surface area contributed by atoms with Crippen molar-refractivity contribution in [1.82, 2.24) is 20.5 Å². The fourth-order valence-corrected chi connectivity index (χ4v) is 3.58.